The molecule has 0 aliphatic heterocycles. The molecule has 4 N–H and O–H groups in total. The molecule has 0 heterocycles. The highest BCUT2D eigenvalue weighted by Gasteiger charge is 2.16. The number of rotatable bonds is 5. The normalized spacial score (nSPS) is 11.2. The van der Waals surface area contributed by atoms with E-state index in [4.69, 9.17) is 22.0 Å². The molecule has 0 bridgehead atoms. The first-order chi connectivity index (χ1) is 8.99. The third-order valence-corrected chi connectivity index (χ3v) is 2.38. The summed E-state index contributed by atoms with van der Waals surface area (Å²) in [6, 6.07) is 3.26. The molecule has 0 spiro atoms. The van der Waals surface area contributed by atoms with E-state index in [1.165, 1.54) is 25.3 Å². The summed E-state index contributed by atoms with van der Waals surface area (Å²) in [5, 5.41) is 11.4. The fourth-order valence-corrected chi connectivity index (χ4v) is 1.38. The van der Waals surface area contributed by atoms with Crippen LogP contribution in [0.1, 0.15) is 16.8 Å². The van der Waals surface area contributed by atoms with E-state index in [0.29, 0.717) is 5.75 Å². The van der Waals surface area contributed by atoms with Gasteiger partial charge in [0.25, 0.3) is 0 Å². The summed E-state index contributed by atoms with van der Waals surface area (Å²) in [5.74, 6) is 1.01. The van der Waals surface area contributed by atoms with Crippen molar-refractivity contribution in [2.45, 2.75) is 12.5 Å². The van der Waals surface area contributed by atoms with Gasteiger partial charge in [-0.25, -0.2) is 4.79 Å². The maximum absolute atomic E-state index is 11.7. The summed E-state index contributed by atoms with van der Waals surface area (Å²) in [6.07, 6.45) is 5.16. The van der Waals surface area contributed by atoms with Gasteiger partial charge in [-0.05, 0) is 18.2 Å². The summed E-state index contributed by atoms with van der Waals surface area (Å²) in [6.45, 7) is 0. The molecule has 0 saturated heterocycles. The highest BCUT2D eigenvalue weighted by Crippen LogP contribution is 2.25. The first-order valence-electron chi connectivity index (χ1n) is 5.40. The van der Waals surface area contributed by atoms with Gasteiger partial charge < -0.3 is 20.9 Å². The largest absolute Gasteiger partial charge is 0.495 e. The van der Waals surface area contributed by atoms with Crippen LogP contribution in [-0.4, -0.2) is 30.1 Å². The smallest absolute Gasteiger partial charge is 0.335 e. The molecule has 19 heavy (non-hydrogen) atoms. The van der Waals surface area contributed by atoms with Crippen molar-refractivity contribution in [3.63, 3.8) is 0 Å². The fraction of sp³-hybridized carbons (Fsp3) is 0.231. The number of nitrogens with one attached hydrogen (secondary N) is 1. The lowest BCUT2D eigenvalue weighted by molar-refractivity contribution is -0.117. The number of ether oxygens (including phenoxy) is 1. The standard InChI is InChI=1S/C13H14N2O4/c1-3-4-9(14)12(16)15-10-7-8(13(17)18)5-6-11(10)19-2/h1,5-7,9H,4,14H2,2H3,(H,15,16)(H,17,18). The zero-order valence-electron chi connectivity index (χ0n) is 10.3. The molecule has 0 aliphatic rings. The van der Waals surface area contributed by atoms with E-state index in [1.807, 2.05) is 0 Å². The van der Waals surface area contributed by atoms with Crippen molar-refractivity contribution in [3.05, 3.63) is 23.8 Å². The lowest BCUT2D eigenvalue weighted by Gasteiger charge is -2.13. The number of hydrogen-bond acceptors (Lipinski definition) is 4. The van der Waals surface area contributed by atoms with E-state index in [9.17, 15) is 9.59 Å². The molecule has 1 rings (SSSR count). The van der Waals surface area contributed by atoms with Gasteiger partial charge in [-0.1, -0.05) is 0 Å². The predicted molar refractivity (Wildman–Crippen MR) is 70.0 cm³/mol. The number of carboxylic acid groups (broad SMARTS) is 1. The van der Waals surface area contributed by atoms with E-state index in [2.05, 4.69) is 11.2 Å². The lowest BCUT2D eigenvalue weighted by atomic mass is 10.1. The van der Waals surface area contributed by atoms with E-state index in [0.717, 1.165) is 0 Å². The van der Waals surface area contributed by atoms with Gasteiger partial charge in [-0.15, -0.1) is 12.3 Å². The molecule has 6 heteroatoms. The van der Waals surface area contributed by atoms with Crippen molar-refractivity contribution in [2.24, 2.45) is 5.73 Å². The number of nitrogens with two attached hydrogens (primary N) is 1. The molecule has 0 saturated carbocycles. The summed E-state index contributed by atoms with van der Waals surface area (Å²) in [5.41, 5.74) is 5.82. The molecule has 100 valence electrons. The zero-order valence-corrected chi connectivity index (χ0v) is 10.3. The number of aromatic carboxylic acids is 1. The SMILES string of the molecule is C#CCC(N)C(=O)Nc1cc(C(=O)O)ccc1OC. The van der Waals surface area contributed by atoms with E-state index in [1.54, 1.807) is 0 Å². The number of carbonyl (C=O) groups is 2. The van der Waals surface area contributed by atoms with Crippen molar-refractivity contribution >= 4 is 17.6 Å². The summed E-state index contributed by atoms with van der Waals surface area (Å²) < 4.78 is 5.03. The Morgan fingerprint density at radius 3 is 2.79 bits per heavy atom. The van der Waals surface area contributed by atoms with Gasteiger partial charge in [-0.2, -0.15) is 0 Å². The van der Waals surface area contributed by atoms with Crippen LogP contribution in [0.25, 0.3) is 0 Å². The minimum Gasteiger partial charge on any atom is -0.495 e. The number of amides is 1. The Morgan fingerprint density at radius 1 is 1.58 bits per heavy atom. The van der Waals surface area contributed by atoms with E-state index < -0.39 is 17.9 Å². The number of benzene rings is 1. The van der Waals surface area contributed by atoms with Crippen molar-refractivity contribution in [3.8, 4) is 18.1 Å². The van der Waals surface area contributed by atoms with Crippen molar-refractivity contribution in [2.75, 3.05) is 12.4 Å². The molecule has 0 fully saturated rings. The Bertz CT molecular complexity index is 534. The molecule has 6 nitrogen and oxygen atoms in total. The Hall–Kier alpha value is -2.52. The van der Waals surface area contributed by atoms with Crippen molar-refractivity contribution < 1.29 is 19.4 Å². The Balaban J connectivity index is 2.98. The molecule has 1 unspecified atom stereocenters. The first kappa shape index (κ1) is 14.5. The predicted octanol–water partition coefficient (Wildman–Crippen LogP) is 0.682. The van der Waals surface area contributed by atoms with E-state index >= 15 is 0 Å². The van der Waals surface area contributed by atoms with Crippen molar-refractivity contribution in [1.29, 1.82) is 0 Å². The van der Waals surface area contributed by atoms with Crippen LogP contribution in [-0.2, 0) is 4.79 Å². The minimum absolute atomic E-state index is 0.0293. The average Bonchev–Trinajstić information content (AvgIpc) is 2.38. The second kappa shape index (κ2) is 6.42. The lowest BCUT2D eigenvalue weighted by Crippen LogP contribution is -2.35. The second-order valence-corrected chi connectivity index (χ2v) is 3.72. The molecular formula is C13H14N2O4. The van der Waals surface area contributed by atoms with E-state index in [-0.39, 0.29) is 17.7 Å². The topological polar surface area (TPSA) is 102 Å². The Morgan fingerprint density at radius 2 is 2.26 bits per heavy atom. The van der Waals surface area contributed by atoms with Crippen LogP contribution in [0.2, 0.25) is 0 Å². The van der Waals surface area contributed by atoms with Gasteiger partial charge in [-0.3, -0.25) is 4.79 Å². The monoisotopic (exact) mass is 262 g/mol. The molecule has 1 atom stereocenters. The van der Waals surface area contributed by atoms with Crippen LogP contribution in [0.5, 0.6) is 5.75 Å². The molecule has 1 aromatic rings. The molecule has 0 aliphatic carbocycles. The van der Waals surface area contributed by atoms with Gasteiger partial charge in [0.2, 0.25) is 5.91 Å². The average molecular weight is 262 g/mol. The van der Waals surface area contributed by atoms with Gasteiger partial charge in [0.05, 0.1) is 24.4 Å². The summed E-state index contributed by atoms with van der Waals surface area (Å²) in [4.78, 5) is 22.6. The third-order valence-electron chi connectivity index (χ3n) is 2.38. The molecule has 0 radical (unpaired) electrons. The van der Waals surface area contributed by atoms with Crippen LogP contribution in [0.4, 0.5) is 5.69 Å². The molecule has 0 aromatic heterocycles. The number of terminal acetylenes is 1. The van der Waals surface area contributed by atoms with Crippen LogP contribution < -0.4 is 15.8 Å². The Labute approximate surface area is 110 Å². The second-order valence-electron chi connectivity index (χ2n) is 3.72. The van der Waals surface area contributed by atoms with Gasteiger partial charge >= 0.3 is 5.97 Å². The minimum atomic E-state index is -1.11. The third kappa shape index (κ3) is 3.72. The number of carbonyl (C=O) groups excluding carboxylic acids is 1. The fourth-order valence-electron chi connectivity index (χ4n) is 1.38. The molecule has 1 aromatic carbocycles. The first-order valence-corrected chi connectivity index (χ1v) is 5.40. The van der Waals surface area contributed by atoms with Crippen LogP contribution in [0.3, 0.4) is 0 Å². The summed E-state index contributed by atoms with van der Waals surface area (Å²) in [7, 11) is 1.41. The van der Waals surface area contributed by atoms with Crippen LogP contribution >= 0.6 is 0 Å². The van der Waals surface area contributed by atoms with Crippen LogP contribution in [0.15, 0.2) is 18.2 Å². The maximum Gasteiger partial charge on any atom is 0.335 e. The zero-order chi connectivity index (χ0) is 14.4. The number of anilines is 1. The molecule has 1 amide bonds. The highest BCUT2D eigenvalue weighted by molar-refractivity contribution is 5.98. The highest BCUT2D eigenvalue weighted by atomic mass is 16.5. The quantitative estimate of drug-likeness (QED) is 0.677. The Kier molecular flexibility index (Phi) is 4.92. The van der Waals surface area contributed by atoms with Crippen LogP contribution in [0, 0.1) is 12.3 Å². The summed E-state index contributed by atoms with van der Waals surface area (Å²) >= 11 is 0. The van der Waals surface area contributed by atoms with Crippen molar-refractivity contribution in [1.82, 2.24) is 0 Å². The molecular weight excluding hydrogens is 248 g/mol. The number of carboxylic acids is 1. The number of hydrogen-bond donors (Lipinski definition) is 3. The maximum atomic E-state index is 11.7. The van der Waals surface area contributed by atoms with Gasteiger partial charge in [0.15, 0.2) is 0 Å². The van der Waals surface area contributed by atoms with Gasteiger partial charge in [0.1, 0.15) is 5.75 Å². The van der Waals surface area contributed by atoms with Gasteiger partial charge in [0, 0.05) is 6.42 Å². The number of methoxy groups -OCH3 is 1.